The van der Waals surface area contributed by atoms with E-state index in [4.69, 9.17) is 4.74 Å². The number of nitrogens with one attached hydrogen (secondary N) is 1. The molecule has 7 nitrogen and oxygen atoms in total. The molecule has 1 fully saturated rings. The number of hydrogen-bond acceptors (Lipinski definition) is 6. The number of hydrogen-bond donors (Lipinski definition) is 1. The van der Waals surface area contributed by atoms with Crippen molar-refractivity contribution in [1.29, 1.82) is 0 Å². The number of pyridine rings is 1. The molecule has 3 heterocycles. The van der Waals surface area contributed by atoms with Crippen molar-refractivity contribution in [3.63, 3.8) is 0 Å². The number of amides is 2. The Hall–Kier alpha value is -3.39. The van der Waals surface area contributed by atoms with Gasteiger partial charge >= 0.3 is 0 Å². The lowest BCUT2D eigenvalue weighted by Crippen LogP contribution is -2.48. The van der Waals surface area contributed by atoms with Gasteiger partial charge in [0.1, 0.15) is 5.75 Å². The highest BCUT2D eigenvalue weighted by Crippen LogP contribution is 2.29. The first kappa shape index (κ1) is 23.8. The normalized spacial score (nSPS) is 13.6. The van der Waals surface area contributed by atoms with Crippen LogP contribution in [0.15, 0.2) is 54.2 Å². The van der Waals surface area contributed by atoms with Gasteiger partial charge in [0.15, 0.2) is 0 Å². The van der Waals surface area contributed by atoms with Gasteiger partial charge in [-0.1, -0.05) is 6.92 Å². The highest BCUT2D eigenvalue weighted by atomic mass is 32.1. The topological polar surface area (TPSA) is 74.8 Å². The van der Waals surface area contributed by atoms with Crippen LogP contribution in [0.3, 0.4) is 0 Å². The number of rotatable bonds is 8. The van der Waals surface area contributed by atoms with E-state index in [0.717, 1.165) is 47.0 Å². The van der Waals surface area contributed by atoms with Crippen molar-refractivity contribution in [3.8, 4) is 16.9 Å². The minimum atomic E-state index is -0.0421. The number of aromatic nitrogens is 1. The predicted molar refractivity (Wildman–Crippen MR) is 136 cm³/mol. The van der Waals surface area contributed by atoms with Crippen molar-refractivity contribution in [2.24, 2.45) is 0 Å². The van der Waals surface area contributed by atoms with Crippen LogP contribution in [0.2, 0.25) is 0 Å². The van der Waals surface area contributed by atoms with E-state index in [1.807, 2.05) is 60.5 Å². The number of anilines is 1. The minimum absolute atomic E-state index is 0.0421. The summed E-state index contributed by atoms with van der Waals surface area (Å²) in [6.45, 7) is 8.07. The van der Waals surface area contributed by atoms with Crippen LogP contribution >= 0.6 is 11.3 Å². The van der Waals surface area contributed by atoms with Gasteiger partial charge in [0.2, 0.25) is 0 Å². The molecule has 2 amide bonds. The van der Waals surface area contributed by atoms with E-state index in [9.17, 15) is 9.59 Å². The second kappa shape index (κ2) is 11.2. The molecule has 0 unspecified atom stereocenters. The number of benzene rings is 1. The smallest absolute Gasteiger partial charge is 0.264 e. The van der Waals surface area contributed by atoms with E-state index in [-0.39, 0.29) is 11.8 Å². The Morgan fingerprint density at radius 3 is 2.50 bits per heavy atom. The largest absolute Gasteiger partial charge is 0.492 e. The van der Waals surface area contributed by atoms with Gasteiger partial charge in [-0.3, -0.25) is 14.6 Å². The molecule has 3 aromatic rings. The van der Waals surface area contributed by atoms with Crippen molar-refractivity contribution in [2.75, 3.05) is 44.2 Å². The molecule has 4 rings (SSSR count). The zero-order chi connectivity index (χ0) is 23.9. The minimum Gasteiger partial charge on any atom is -0.492 e. The molecule has 178 valence electrons. The van der Waals surface area contributed by atoms with Crippen molar-refractivity contribution in [1.82, 2.24) is 15.2 Å². The number of ether oxygens (including phenoxy) is 1. The predicted octanol–water partition coefficient (Wildman–Crippen LogP) is 4.31. The lowest BCUT2D eigenvalue weighted by Gasteiger charge is -2.36. The lowest BCUT2D eigenvalue weighted by molar-refractivity contribution is 0.0751. The molecule has 0 aliphatic carbocycles. The van der Waals surface area contributed by atoms with E-state index in [2.05, 4.69) is 15.2 Å². The second-order valence-corrected chi connectivity index (χ2v) is 9.04. The third kappa shape index (κ3) is 5.56. The van der Waals surface area contributed by atoms with Gasteiger partial charge in [-0.15, -0.1) is 11.3 Å². The molecule has 1 aliphatic rings. The SMILES string of the molecule is CCCNC(=O)c1ccc(N2CCN(C(=O)c3cc(-c4cncc(OCC)c4)cs3)CC2)cc1. The monoisotopic (exact) mass is 478 g/mol. The van der Waals surface area contributed by atoms with E-state index >= 15 is 0 Å². The molecule has 0 radical (unpaired) electrons. The maximum absolute atomic E-state index is 13.1. The summed E-state index contributed by atoms with van der Waals surface area (Å²) in [5, 5.41) is 4.89. The first-order valence-electron chi connectivity index (χ1n) is 11.7. The summed E-state index contributed by atoms with van der Waals surface area (Å²) in [7, 11) is 0. The van der Waals surface area contributed by atoms with Gasteiger partial charge in [0.05, 0.1) is 17.7 Å². The van der Waals surface area contributed by atoms with E-state index < -0.39 is 0 Å². The zero-order valence-corrected chi connectivity index (χ0v) is 20.4. The van der Waals surface area contributed by atoms with Crippen LogP contribution in [0.5, 0.6) is 5.75 Å². The third-order valence-electron chi connectivity index (χ3n) is 5.76. The Balaban J connectivity index is 1.34. The van der Waals surface area contributed by atoms with Crippen molar-refractivity contribution in [3.05, 3.63) is 64.6 Å². The number of thiophene rings is 1. The Morgan fingerprint density at radius 2 is 1.79 bits per heavy atom. The fraction of sp³-hybridized carbons (Fsp3) is 0.346. The van der Waals surface area contributed by atoms with Crippen LogP contribution in [-0.2, 0) is 0 Å². The Bertz CT molecular complexity index is 1120. The maximum atomic E-state index is 13.1. The summed E-state index contributed by atoms with van der Waals surface area (Å²) >= 11 is 1.46. The molecule has 1 aliphatic heterocycles. The summed E-state index contributed by atoms with van der Waals surface area (Å²) in [5.74, 6) is 0.747. The van der Waals surface area contributed by atoms with Crippen molar-refractivity contribution >= 4 is 28.8 Å². The molecule has 1 N–H and O–H groups in total. The third-order valence-corrected chi connectivity index (χ3v) is 6.68. The Labute approximate surface area is 204 Å². The van der Waals surface area contributed by atoms with E-state index in [1.54, 1.807) is 12.4 Å². The van der Waals surface area contributed by atoms with Gasteiger partial charge in [0, 0.05) is 55.7 Å². The highest BCUT2D eigenvalue weighted by Gasteiger charge is 2.24. The highest BCUT2D eigenvalue weighted by molar-refractivity contribution is 7.12. The number of nitrogens with zero attached hydrogens (tertiary/aromatic N) is 3. The Morgan fingerprint density at radius 1 is 1.03 bits per heavy atom. The summed E-state index contributed by atoms with van der Waals surface area (Å²) in [6.07, 6.45) is 4.40. The fourth-order valence-corrected chi connectivity index (χ4v) is 4.79. The number of carbonyl (C=O) groups is 2. The summed E-state index contributed by atoms with van der Waals surface area (Å²) in [5.41, 5.74) is 3.66. The van der Waals surface area contributed by atoms with Crippen LogP contribution in [0.25, 0.3) is 11.1 Å². The van der Waals surface area contributed by atoms with Crippen LogP contribution in [0.4, 0.5) is 5.69 Å². The molecule has 0 saturated carbocycles. The molecule has 8 heteroatoms. The van der Waals surface area contributed by atoms with Gasteiger partial charge < -0.3 is 19.9 Å². The molecule has 2 aromatic heterocycles. The summed E-state index contributed by atoms with van der Waals surface area (Å²) in [6, 6.07) is 11.6. The molecule has 0 spiro atoms. The first-order valence-corrected chi connectivity index (χ1v) is 12.6. The van der Waals surface area contributed by atoms with Gasteiger partial charge in [-0.05, 0) is 60.7 Å². The second-order valence-electron chi connectivity index (χ2n) is 8.12. The summed E-state index contributed by atoms with van der Waals surface area (Å²) in [4.78, 5) is 34.3. The maximum Gasteiger partial charge on any atom is 0.264 e. The molecule has 0 bridgehead atoms. The molecule has 1 aromatic carbocycles. The van der Waals surface area contributed by atoms with Gasteiger partial charge in [-0.25, -0.2) is 0 Å². The van der Waals surface area contributed by atoms with Crippen molar-refractivity contribution in [2.45, 2.75) is 20.3 Å². The van der Waals surface area contributed by atoms with Gasteiger partial charge in [-0.2, -0.15) is 0 Å². The van der Waals surface area contributed by atoms with Gasteiger partial charge in [0.25, 0.3) is 11.8 Å². The van der Waals surface area contributed by atoms with Crippen molar-refractivity contribution < 1.29 is 14.3 Å². The van der Waals surface area contributed by atoms with Crippen LogP contribution < -0.4 is 15.0 Å². The standard InChI is InChI=1S/C26H30N4O3S/c1-3-9-28-25(31)19-5-7-22(8-6-19)29-10-12-30(13-11-29)26(32)24-15-21(18-34-24)20-14-23(33-4-2)17-27-16-20/h5-8,14-18H,3-4,9-13H2,1-2H3,(H,28,31). The van der Waals surface area contributed by atoms with E-state index in [1.165, 1.54) is 11.3 Å². The van der Waals surface area contributed by atoms with Crippen LogP contribution in [0.1, 0.15) is 40.3 Å². The fourth-order valence-electron chi connectivity index (χ4n) is 3.91. The quantitative estimate of drug-likeness (QED) is 0.522. The zero-order valence-electron chi connectivity index (χ0n) is 19.6. The lowest BCUT2D eigenvalue weighted by atomic mass is 10.1. The average molecular weight is 479 g/mol. The molecule has 0 atom stereocenters. The molecule has 1 saturated heterocycles. The van der Waals surface area contributed by atoms with E-state index in [0.29, 0.717) is 31.8 Å². The summed E-state index contributed by atoms with van der Waals surface area (Å²) < 4.78 is 5.54. The molecule has 34 heavy (non-hydrogen) atoms. The number of carbonyl (C=O) groups excluding carboxylic acids is 2. The molecular formula is C26H30N4O3S. The van der Waals surface area contributed by atoms with Crippen LogP contribution in [0, 0.1) is 0 Å². The van der Waals surface area contributed by atoms with Crippen LogP contribution in [-0.4, -0.2) is 61.0 Å². The number of piperazine rings is 1. The Kier molecular flexibility index (Phi) is 7.80. The molecular weight excluding hydrogens is 448 g/mol. The average Bonchev–Trinajstić information content (AvgIpc) is 3.38. The first-order chi connectivity index (χ1) is 16.6.